The van der Waals surface area contributed by atoms with E-state index in [-0.39, 0.29) is 25.4 Å². The number of carbonyl (C=O) groups excluding carboxylic acids is 1. The van der Waals surface area contributed by atoms with Crippen molar-refractivity contribution in [2.24, 2.45) is 5.92 Å². The van der Waals surface area contributed by atoms with Crippen molar-refractivity contribution in [3.63, 3.8) is 0 Å². The molecule has 2 atom stereocenters. The molecule has 1 aliphatic heterocycles. The number of aromatic nitrogens is 2. The number of nitrogens with zero attached hydrogens (tertiary/aromatic N) is 4. The lowest BCUT2D eigenvalue weighted by molar-refractivity contribution is -0.132. The van der Waals surface area contributed by atoms with E-state index >= 15 is 0 Å². The fraction of sp³-hybridized carbons (Fsp3) is 0.292. The standard InChI is InChI=1S/C24H25N5O3S.2H2/c30-24(22-16-21(22)18-4-2-1-3-5-18)29-14-12-28(13-15-29)19-6-8-20(9-7-19)33(31,32)27-23-10-11-25-17-26-23;;/h1-11,17,21-22H,12-16H2,(H,25,26,27);2*1H/t21-,22+;;/m0../s1. The van der Waals surface area contributed by atoms with Crippen LogP contribution in [0.3, 0.4) is 0 Å². The summed E-state index contributed by atoms with van der Waals surface area (Å²) < 4.78 is 27.6. The Labute approximate surface area is 196 Å². The third-order valence-corrected chi connectivity index (χ3v) is 7.63. The van der Waals surface area contributed by atoms with Gasteiger partial charge in [-0.25, -0.2) is 18.4 Å². The molecule has 2 heterocycles. The number of piperazine rings is 1. The van der Waals surface area contributed by atoms with E-state index in [0.717, 1.165) is 25.2 Å². The van der Waals surface area contributed by atoms with Crippen LogP contribution in [0.15, 0.2) is 78.1 Å². The molecule has 174 valence electrons. The van der Waals surface area contributed by atoms with Crippen molar-refractivity contribution in [2.45, 2.75) is 17.2 Å². The molecule has 1 aliphatic carbocycles. The van der Waals surface area contributed by atoms with Crippen LogP contribution in [-0.4, -0.2) is 55.4 Å². The molecule has 1 saturated heterocycles. The summed E-state index contributed by atoms with van der Waals surface area (Å²) in [5, 5.41) is 0. The maximum atomic E-state index is 12.9. The average molecular weight is 468 g/mol. The van der Waals surface area contributed by atoms with Crippen molar-refractivity contribution in [3.8, 4) is 0 Å². The van der Waals surface area contributed by atoms with E-state index in [9.17, 15) is 13.2 Å². The first-order valence-electron chi connectivity index (χ1n) is 11.0. The van der Waals surface area contributed by atoms with Crippen LogP contribution in [0.1, 0.15) is 20.8 Å². The van der Waals surface area contributed by atoms with Crippen LogP contribution < -0.4 is 9.62 Å². The number of hydrogen-bond acceptors (Lipinski definition) is 6. The summed E-state index contributed by atoms with van der Waals surface area (Å²) in [6.45, 7) is 2.79. The molecule has 2 aliphatic rings. The molecule has 5 rings (SSSR count). The highest BCUT2D eigenvalue weighted by Crippen LogP contribution is 2.48. The van der Waals surface area contributed by atoms with Gasteiger partial charge in [0.2, 0.25) is 5.91 Å². The van der Waals surface area contributed by atoms with Crippen LogP contribution in [0.5, 0.6) is 0 Å². The Hall–Kier alpha value is -3.46. The number of carbonyl (C=O) groups is 1. The topological polar surface area (TPSA) is 95.5 Å². The van der Waals surface area contributed by atoms with E-state index in [0.29, 0.717) is 19.0 Å². The van der Waals surface area contributed by atoms with Gasteiger partial charge < -0.3 is 9.80 Å². The van der Waals surface area contributed by atoms with Crippen molar-refractivity contribution in [3.05, 3.63) is 78.8 Å². The van der Waals surface area contributed by atoms with E-state index in [2.05, 4.69) is 31.7 Å². The van der Waals surface area contributed by atoms with E-state index in [1.54, 1.807) is 24.3 Å². The third-order valence-electron chi connectivity index (χ3n) is 6.26. The van der Waals surface area contributed by atoms with Crippen LogP contribution in [0.4, 0.5) is 11.5 Å². The Morgan fingerprint density at radius 1 is 0.970 bits per heavy atom. The summed E-state index contributed by atoms with van der Waals surface area (Å²) >= 11 is 0. The summed E-state index contributed by atoms with van der Waals surface area (Å²) in [7, 11) is -3.72. The van der Waals surface area contributed by atoms with Crippen LogP contribution in [0.25, 0.3) is 0 Å². The summed E-state index contributed by atoms with van der Waals surface area (Å²) in [4.78, 5) is 24.9. The predicted molar refractivity (Wildman–Crippen MR) is 130 cm³/mol. The molecule has 1 saturated carbocycles. The molecule has 0 unspecified atom stereocenters. The number of benzene rings is 2. The highest BCUT2D eigenvalue weighted by molar-refractivity contribution is 7.92. The molecule has 0 bridgehead atoms. The molecular formula is C24H29N5O3S. The number of nitrogens with one attached hydrogen (secondary N) is 1. The minimum Gasteiger partial charge on any atom is -0.368 e. The van der Waals surface area contributed by atoms with Crippen molar-refractivity contribution in [1.29, 1.82) is 0 Å². The Kier molecular flexibility index (Phi) is 5.72. The number of hydrogen-bond donors (Lipinski definition) is 1. The summed E-state index contributed by atoms with van der Waals surface area (Å²) in [6, 6.07) is 18.5. The highest BCUT2D eigenvalue weighted by atomic mass is 32.2. The second-order valence-corrected chi connectivity index (χ2v) is 10.0. The first kappa shape index (κ1) is 21.4. The number of anilines is 2. The van der Waals surface area contributed by atoms with Crippen molar-refractivity contribution < 1.29 is 16.1 Å². The molecule has 0 radical (unpaired) electrons. The van der Waals surface area contributed by atoms with Gasteiger partial charge in [-0.2, -0.15) is 0 Å². The average Bonchev–Trinajstić information content (AvgIpc) is 3.66. The zero-order valence-corrected chi connectivity index (χ0v) is 18.9. The van der Waals surface area contributed by atoms with Crippen LogP contribution >= 0.6 is 0 Å². The molecular weight excluding hydrogens is 438 g/mol. The van der Waals surface area contributed by atoms with Crippen LogP contribution in [-0.2, 0) is 14.8 Å². The first-order chi connectivity index (χ1) is 16.0. The van der Waals surface area contributed by atoms with Gasteiger partial charge in [0.1, 0.15) is 12.1 Å². The maximum absolute atomic E-state index is 12.9. The summed E-state index contributed by atoms with van der Waals surface area (Å²) in [5.41, 5.74) is 2.19. The Morgan fingerprint density at radius 2 is 1.70 bits per heavy atom. The summed E-state index contributed by atoms with van der Waals surface area (Å²) in [6.07, 6.45) is 3.70. The largest absolute Gasteiger partial charge is 0.368 e. The van der Waals surface area contributed by atoms with Gasteiger partial charge in [0, 0.05) is 46.8 Å². The molecule has 2 aromatic carbocycles. The highest BCUT2D eigenvalue weighted by Gasteiger charge is 2.46. The minimum absolute atomic E-state index is 0. The number of sulfonamides is 1. The normalized spacial score (nSPS) is 20.4. The van der Waals surface area contributed by atoms with Gasteiger partial charge in [-0.3, -0.25) is 9.52 Å². The molecule has 2 fully saturated rings. The van der Waals surface area contributed by atoms with Gasteiger partial charge in [-0.1, -0.05) is 30.3 Å². The summed E-state index contributed by atoms with van der Waals surface area (Å²) in [5.74, 6) is 0.925. The first-order valence-corrected chi connectivity index (χ1v) is 12.5. The molecule has 8 nitrogen and oxygen atoms in total. The molecule has 9 heteroatoms. The number of rotatable bonds is 6. The van der Waals surface area contributed by atoms with E-state index in [4.69, 9.17) is 0 Å². The van der Waals surface area contributed by atoms with Crippen LogP contribution in [0.2, 0.25) is 0 Å². The zero-order chi connectivity index (χ0) is 22.8. The Balaban J connectivity index is 0.00000171. The maximum Gasteiger partial charge on any atom is 0.263 e. The van der Waals surface area contributed by atoms with Gasteiger partial charge in [0.25, 0.3) is 10.0 Å². The molecule has 1 N–H and O–H groups in total. The van der Waals surface area contributed by atoms with Gasteiger partial charge in [-0.15, -0.1) is 0 Å². The van der Waals surface area contributed by atoms with E-state index in [1.807, 2.05) is 23.1 Å². The lowest BCUT2D eigenvalue weighted by atomic mass is 10.1. The Morgan fingerprint density at radius 3 is 2.36 bits per heavy atom. The Bertz CT molecular complexity index is 1220. The molecule has 1 aromatic heterocycles. The molecule has 1 amide bonds. The predicted octanol–water partition coefficient (Wildman–Crippen LogP) is 3.22. The second-order valence-electron chi connectivity index (χ2n) is 8.37. The quantitative estimate of drug-likeness (QED) is 0.598. The fourth-order valence-electron chi connectivity index (χ4n) is 4.34. The van der Waals surface area contributed by atoms with Crippen molar-refractivity contribution in [1.82, 2.24) is 14.9 Å². The van der Waals surface area contributed by atoms with Gasteiger partial charge in [-0.05, 0) is 48.2 Å². The van der Waals surface area contributed by atoms with Gasteiger partial charge >= 0.3 is 0 Å². The molecule has 0 spiro atoms. The van der Waals surface area contributed by atoms with Gasteiger partial charge in [0.05, 0.1) is 4.90 Å². The van der Waals surface area contributed by atoms with E-state index < -0.39 is 10.0 Å². The van der Waals surface area contributed by atoms with Crippen molar-refractivity contribution >= 4 is 27.4 Å². The van der Waals surface area contributed by atoms with Gasteiger partial charge in [0.15, 0.2) is 0 Å². The van der Waals surface area contributed by atoms with Crippen molar-refractivity contribution in [2.75, 3.05) is 35.8 Å². The SMILES string of the molecule is O=C([C@@H]1C[C@H]1c1ccccc1)N1CCN(c2ccc(S(=O)(=O)Nc3ccncn3)cc2)CC1.[HH].[HH]. The monoisotopic (exact) mass is 467 g/mol. The fourth-order valence-corrected chi connectivity index (χ4v) is 5.35. The smallest absolute Gasteiger partial charge is 0.263 e. The second kappa shape index (κ2) is 8.82. The van der Waals surface area contributed by atoms with E-state index in [1.165, 1.54) is 24.2 Å². The lowest BCUT2D eigenvalue weighted by Gasteiger charge is -2.36. The lowest BCUT2D eigenvalue weighted by Crippen LogP contribution is -2.49. The number of amides is 1. The minimum atomic E-state index is -3.72. The third kappa shape index (κ3) is 4.68. The zero-order valence-electron chi connectivity index (χ0n) is 18.0. The molecule has 33 heavy (non-hydrogen) atoms. The van der Waals surface area contributed by atoms with Crippen LogP contribution in [0, 0.1) is 5.92 Å². The molecule has 3 aromatic rings.